The molecule has 0 aromatic carbocycles. The lowest BCUT2D eigenvalue weighted by molar-refractivity contribution is -0.120. The van der Waals surface area contributed by atoms with E-state index in [1.54, 1.807) is 0 Å². The third kappa shape index (κ3) is 3.28. The molecule has 1 atom stereocenters. The van der Waals surface area contributed by atoms with Crippen LogP contribution in [0.5, 0.6) is 0 Å². The fourth-order valence-corrected chi connectivity index (χ4v) is 0.627. The Morgan fingerprint density at radius 3 is 2.50 bits per heavy atom. The molecule has 0 aromatic rings. The van der Waals surface area contributed by atoms with Crippen molar-refractivity contribution < 1.29 is 4.79 Å². The van der Waals surface area contributed by atoms with Gasteiger partial charge in [0.1, 0.15) is 0 Å². The second-order valence-electron chi connectivity index (χ2n) is 2.56. The fraction of sp³-hybridized carbons (Fsp3) is 0.625. The van der Waals surface area contributed by atoms with Gasteiger partial charge in [-0.3, -0.25) is 4.79 Å². The van der Waals surface area contributed by atoms with Gasteiger partial charge in [0, 0.05) is 0 Å². The molecule has 0 aromatic heterocycles. The van der Waals surface area contributed by atoms with Gasteiger partial charge in [0.05, 0.1) is 5.92 Å². The van der Waals surface area contributed by atoms with Gasteiger partial charge in [0.15, 0.2) is 0 Å². The van der Waals surface area contributed by atoms with E-state index in [0.29, 0.717) is 0 Å². The lowest BCUT2D eigenvalue weighted by atomic mass is 10.1. The first kappa shape index (κ1) is 9.21. The van der Waals surface area contributed by atoms with Crippen LogP contribution in [0.4, 0.5) is 0 Å². The van der Waals surface area contributed by atoms with Crippen LogP contribution in [0.3, 0.4) is 0 Å². The number of primary amides is 1. The Hall–Kier alpha value is -0.790. The second kappa shape index (κ2) is 4.09. The first-order valence-electron chi connectivity index (χ1n) is 3.54. The molecule has 0 aliphatic rings. The van der Waals surface area contributed by atoms with E-state index < -0.39 is 0 Å². The first-order valence-corrected chi connectivity index (χ1v) is 3.54. The van der Waals surface area contributed by atoms with Crippen LogP contribution in [0.2, 0.25) is 0 Å². The third-order valence-electron chi connectivity index (χ3n) is 1.54. The highest BCUT2D eigenvalue weighted by molar-refractivity contribution is 5.78. The lowest BCUT2D eigenvalue weighted by Gasteiger charge is -2.01. The van der Waals surface area contributed by atoms with Crippen molar-refractivity contribution in [2.75, 3.05) is 0 Å². The summed E-state index contributed by atoms with van der Waals surface area (Å²) in [6, 6.07) is 0. The predicted octanol–water partition coefficient (Wildman–Crippen LogP) is 1.46. The molecule has 2 nitrogen and oxygen atoms in total. The van der Waals surface area contributed by atoms with Crippen molar-refractivity contribution in [3.63, 3.8) is 0 Å². The molecule has 0 radical (unpaired) electrons. The van der Waals surface area contributed by atoms with Crippen LogP contribution in [0.15, 0.2) is 11.6 Å². The Labute approximate surface area is 62.1 Å². The minimum atomic E-state index is -0.257. The number of allylic oxidation sites excluding steroid dienone is 1. The molecular formula is C8H15NO. The number of rotatable bonds is 3. The van der Waals surface area contributed by atoms with Gasteiger partial charge in [-0.05, 0) is 13.3 Å². The van der Waals surface area contributed by atoms with Crippen LogP contribution in [0, 0.1) is 5.92 Å². The predicted molar refractivity (Wildman–Crippen MR) is 42.4 cm³/mol. The minimum Gasteiger partial charge on any atom is -0.369 e. The summed E-state index contributed by atoms with van der Waals surface area (Å²) >= 11 is 0. The number of amides is 1. The summed E-state index contributed by atoms with van der Waals surface area (Å²) in [6.07, 6.45) is 2.89. The summed E-state index contributed by atoms with van der Waals surface area (Å²) in [5, 5.41) is 0. The van der Waals surface area contributed by atoms with Crippen LogP contribution >= 0.6 is 0 Å². The molecule has 0 saturated heterocycles. The summed E-state index contributed by atoms with van der Waals surface area (Å²) in [5.41, 5.74) is 6.27. The molecule has 58 valence electrons. The molecule has 0 saturated carbocycles. The molecule has 0 aliphatic carbocycles. The van der Waals surface area contributed by atoms with E-state index in [1.807, 2.05) is 19.9 Å². The fourth-order valence-electron chi connectivity index (χ4n) is 0.627. The number of carbonyl (C=O) groups excluding carboxylic acids is 1. The smallest absolute Gasteiger partial charge is 0.224 e. The zero-order chi connectivity index (χ0) is 8.15. The van der Waals surface area contributed by atoms with Gasteiger partial charge < -0.3 is 5.73 Å². The number of carbonyl (C=O) groups is 1. The van der Waals surface area contributed by atoms with Gasteiger partial charge in [-0.1, -0.05) is 25.5 Å². The highest BCUT2D eigenvalue weighted by Crippen LogP contribution is 2.04. The van der Waals surface area contributed by atoms with Crippen molar-refractivity contribution >= 4 is 5.91 Å². The molecule has 0 heterocycles. The van der Waals surface area contributed by atoms with Crippen molar-refractivity contribution in [2.24, 2.45) is 11.7 Å². The van der Waals surface area contributed by atoms with Gasteiger partial charge in [-0.25, -0.2) is 0 Å². The van der Waals surface area contributed by atoms with E-state index in [2.05, 4.69) is 6.92 Å². The third-order valence-corrected chi connectivity index (χ3v) is 1.54. The van der Waals surface area contributed by atoms with Crippen LogP contribution < -0.4 is 5.73 Å². The van der Waals surface area contributed by atoms with Gasteiger partial charge in [0.25, 0.3) is 0 Å². The van der Waals surface area contributed by atoms with Crippen molar-refractivity contribution in [1.82, 2.24) is 0 Å². The molecule has 1 unspecified atom stereocenters. The molecule has 2 heteroatoms. The Kier molecular flexibility index (Phi) is 3.77. The van der Waals surface area contributed by atoms with Gasteiger partial charge in [0.2, 0.25) is 5.91 Å². The summed E-state index contributed by atoms with van der Waals surface area (Å²) in [6.45, 7) is 5.86. The monoisotopic (exact) mass is 141 g/mol. The largest absolute Gasteiger partial charge is 0.369 e. The lowest BCUT2D eigenvalue weighted by Crippen LogP contribution is -2.18. The van der Waals surface area contributed by atoms with Crippen LogP contribution in [0.25, 0.3) is 0 Å². The molecule has 0 aliphatic heterocycles. The number of nitrogens with two attached hydrogens (primary N) is 1. The quantitative estimate of drug-likeness (QED) is 0.594. The number of hydrogen-bond acceptors (Lipinski definition) is 1. The van der Waals surface area contributed by atoms with Crippen molar-refractivity contribution in [3.8, 4) is 0 Å². The molecular weight excluding hydrogens is 126 g/mol. The van der Waals surface area contributed by atoms with E-state index in [1.165, 1.54) is 5.57 Å². The van der Waals surface area contributed by atoms with Crippen molar-refractivity contribution in [1.29, 1.82) is 0 Å². The maximum Gasteiger partial charge on any atom is 0.224 e. The maximum absolute atomic E-state index is 10.5. The van der Waals surface area contributed by atoms with Crippen LogP contribution in [-0.4, -0.2) is 5.91 Å². The topological polar surface area (TPSA) is 43.1 Å². The first-order chi connectivity index (χ1) is 4.57. The van der Waals surface area contributed by atoms with Gasteiger partial charge in [-0.2, -0.15) is 0 Å². The van der Waals surface area contributed by atoms with E-state index in [0.717, 1.165) is 6.42 Å². The van der Waals surface area contributed by atoms with Crippen LogP contribution in [0.1, 0.15) is 27.2 Å². The highest BCUT2D eigenvalue weighted by Gasteiger charge is 2.03. The SMILES string of the molecule is CCC(C)=CC(C)C(N)=O. The minimum absolute atomic E-state index is 0.125. The summed E-state index contributed by atoms with van der Waals surface area (Å²) < 4.78 is 0. The second-order valence-corrected chi connectivity index (χ2v) is 2.56. The van der Waals surface area contributed by atoms with Gasteiger partial charge >= 0.3 is 0 Å². The van der Waals surface area contributed by atoms with E-state index >= 15 is 0 Å². The Balaban J connectivity index is 3.99. The van der Waals surface area contributed by atoms with Crippen molar-refractivity contribution in [3.05, 3.63) is 11.6 Å². The Morgan fingerprint density at radius 2 is 2.20 bits per heavy atom. The maximum atomic E-state index is 10.5. The average molecular weight is 141 g/mol. The zero-order valence-electron chi connectivity index (χ0n) is 6.85. The Morgan fingerprint density at radius 1 is 1.70 bits per heavy atom. The normalized spacial score (nSPS) is 14.9. The molecule has 0 bridgehead atoms. The highest BCUT2D eigenvalue weighted by atomic mass is 16.1. The number of hydrogen-bond donors (Lipinski definition) is 1. The molecule has 0 fully saturated rings. The molecule has 1 amide bonds. The summed E-state index contributed by atoms with van der Waals surface area (Å²) in [7, 11) is 0. The molecule has 0 rings (SSSR count). The molecule has 2 N–H and O–H groups in total. The Bertz CT molecular complexity index is 149. The molecule has 10 heavy (non-hydrogen) atoms. The standard InChI is InChI=1S/C8H15NO/c1-4-6(2)5-7(3)8(9)10/h5,7H,4H2,1-3H3,(H2,9,10). The zero-order valence-corrected chi connectivity index (χ0v) is 6.85. The summed E-state index contributed by atoms with van der Waals surface area (Å²) in [5.74, 6) is -0.382. The van der Waals surface area contributed by atoms with E-state index in [-0.39, 0.29) is 11.8 Å². The van der Waals surface area contributed by atoms with E-state index in [4.69, 9.17) is 5.73 Å². The molecule has 0 spiro atoms. The average Bonchev–Trinajstić information content (AvgIpc) is 1.87. The van der Waals surface area contributed by atoms with Gasteiger partial charge in [-0.15, -0.1) is 0 Å². The summed E-state index contributed by atoms with van der Waals surface area (Å²) in [4.78, 5) is 10.5. The van der Waals surface area contributed by atoms with E-state index in [9.17, 15) is 4.79 Å². The van der Waals surface area contributed by atoms with Crippen molar-refractivity contribution in [2.45, 2.75) is 27.2 Å². The van der Waals surface area contributed by atoms with Crippen LogP contribution in [-0.2, 0) is 4.79 Å².